The first-order chi connectivity index (χ1) is 12.9. The molecule has 0 saturated heterocycles. The molecule has 0 aromatic heterocycles. The third-order valence-electron chi connectivity index (χ3n) is 3.97. The number of nitrogens with one attached hydrogen (secondary N) is 3. The Morgan fingerprint density at radius 2 is 1.78 bits per heavy atom. The van der Waals surface area contributed by atoms with Gasteiger partial charge >= 0.3 is 0 Å². The highest BCUT2D eigenvalue weighted by Gasteiger charge is 2.16. The molecule has 7 nitrogen and oxygen atoms in total. The molecule has 1 rings (SSSR count). The lowest BCUT2D eigenvalue weighted by Gasteiger charge is -2.13. The van der Waals surface area contributed by atoms with E-state index in [1.807, 2.05) is 19.1 Å². The normalized spacial score (nSPS) is 12.2. The maximum Gasteiger partial charge on any atom is 0.240 e. The molecule has 0 atom stereocenters. The van der Waals surface area contributed by atoms with Crippen molar-refractivity contribution in [3.05, 3.63) is 29.3 Å². The van der Waals surface area contributed by atoms with Crippen LogP contribution in [0.2, 0.25) is 0 Å². The van der Waals surface area contributed by atoms with E-state index in [-0.39, 0.29) is 6.54 Å². The SMILES string of the molecule is CCCCOCCCNC(=NC)NCCNS(=O)(=O)c1cc(C)ccc1C. The summed E-state index contributed by atoms with van der Waals surface area (Å²) < 4.78 is 33.0. The average molecular weight is 399 g/mol. The lowest BCUT2D eigenvalue weighted by molar-refractivity contribution is 0.129. The van der Waals surface area contributed by atoms with E-state index >= 15 is 0 Å². The van der Waals surface area contributed by atoms with E-state index in [2.05, 4.69) is 27.3 Å². The van der Waals surface area contributed by atoms with E-state index in [0.717, 1.165) is 50.1 Å². The number of aliphatic imine (C=N–C) groups is 1. The molecule has 27 heavy (non-hydrogen) atoms. The predicted octanol–water partition coefficient (Wildman–Crippen LogP) is 1.95. The summed E-state index contributed by atoms with van der Waals surface area (Å²) in [7, 11) is -1.83. The molecular weight excluding hydrogens is 364 g/mol. The summed E-state index contributed by atoms with van der Waals surface area (Å²) >= 11 is 0. The van der Waals surface area contributed by atoms with Gasteiger partial charge in [-0.3, -0.25) is 4.99 Å². The number of rotatable bonds is 12. The minimum atomic E-state index is -3.52. The van der Waals surface area contributed by atoms with Gasteiger partial charge in [0, 0.05) is 39.9 Å². The molecule has 1 aromatic carbocycles. The molecule has 0 heterocycles. The van der Waals surface area contributed by atoms with Gasteiger partial charge in [-0.15, -0.1) is 0 Å². The van der Waals surface area contributed by atoms with Gasteiger partial charge in [0.15, 0.2) is 5.96 Å². The standard InChI is InChI=1S/C19H34N4O3S/c1-5-6-13-26-14-7-10-21-19(20-4)22-11-12-23-27(24,25)18-15-16(2)8-9-17(18)3/h8-9,15,23H,5-7,10-14H2,1-4H3,(H2,20,21,22). The number of benzene rings is 1. The van der Waals surface area contributed by atoms with Crippen LogP contribution in [0.4, 0.5) is 0 Å². The highest BCUT2D eigenvalue weighted by Crippen LogP contribution is 2.16. The van der Waals surface area contributed by atoms with Crippen molar-refractivity contribution in [2.45, 2.75) is 44.9 Å². The maximum absolute atomic E-state index is 12.4. The second-order valence-electron chi connectivity index (χ2n) is 6.41. The van der Waals surface area contributed by atoms with Crippen LogP contribution in [0.25, 0.3) is 0 Å². The van der Waals surface area contributed by atoms with Crippen LogP contribution in [0.1, 0.15) is 37.3 Å². The molecule has 0 amide bonds. The zero-order chi connectivity index (χ0) is 20.1. The molecular formula is C19H34N4O3S. The van der Waals surface area contributed by atoms with Gasteiger partial charge in [0.05, 0.1) is 4.90 Å². The third-order valence-corrected chi connectivity index (χ3v) is 5.57. The molecule has 0 aliphatic heterocycles. The van der Waals surface area contributed by atoms with E-state index in [1.165, 1.54) is 0 Å². The number of aryl methyl sites for hydroxylation is 2. The Morgan fingerprint density at radius 3 is 2.48 bits per heavy atom. The first-order valence-corrected chi connectivity index (χ1v) is 11.0. The minimum Gasteiger partial charge on any atom is -0.381 e. The number of nitrogens with zero attached hydrogens (tertiary/aromatic N) is 1. The van der Waals surface area contributed by atoms with Crippen LogP contribution < -0.4 is 15.4 Å². The Balaban J connectivity index is 2.29. The Labute approximate surface area is 164 Å². The summed E-state index contributed by atoms with van der Waals surface area (Å²) in [5, 5.41) is 6.29. The predicted molar refractivity (Wildman–Crippen MR) is 111 cm³/mol. The fraction of sp³-hybridized carbons (Fsp3) is 0.632. The molecule has 0 radical (unpaired) electrons. The fourth-order valence-corrected chi connectivity index (χ4v) is 3.75. The van der Waals surface area contributed by atoms with Crippen molar-refractivity contribution in [1.29, 1.82) is 0 Å². The summed E-state index contributed by atoms with van der Waals surface area (Å²) in [5.41, 5.74) is 1.65. The summed E-state index contributed by atoms with van der Waals surface area (Å²) in [6, 6.07) is 5.41. The van der Waals surface area contributed by atoms with Crippen molar-refractivity contribution in [2.75, 3.05) is 39.9 Å². The average Bonchev–Trinajstić information content (AvgIpc) is 2.64. The van der Waals surface area contributed by atoms with Gasteiger partial charge in [0.25, 0.3) is 0 Å². The topological polar surface area (TPSA) is 91.8 Å². The third kappa shape index (κ3) is 9.21. The second kappa shape index (κ2) is 12.7. The number of hydrogen-bond donors (Lipinski definition) is 3. The molecule has 0 aliphatic carbocycles. The number of ether oxygens (including phenoxy) is 1. The van der Waals surface area contributed by atoms with Crippen LogP contribution in [0.15, 0.2) is 28.1 Å². The van der Waals surface area contributed by atoms with Crippen molar-refractivity contribution in [3.8, 4) is 0 Å². The molecule has 0 unspecified atom stereocenters. The quantitative estimate of drug-likeness (QED) is 0.284. The molecule has 0 bridgehead atoms. The number of unbranched alkanes of at least 4 members (excludes halogenated alkanes) is 1. The van der Waals surface area contributed by atoms with Gasteiger partial charge in [-0.2, -0.15) is 0 Å². The monoisotopic (exact) mass is 398 g/mol. The molecule has 1 aromatic rings. The zero-order valence-corrected chi connectivity index (χ0v) is 17.8. The lowest BCUT2D eigenvalue weighted by Crippen LogP contribution is -2.42. The summed E-state index contributed by atoms with van der Waals surface area (Å²) in [6.45, 7) is 8.81. The van der Waals surface area contributed by atoms with Gasteiger partial charge in [0.2, 0.25) is 10.0 Å². The number of guanidine groups is 1. The van der Waals surface area contributed by atoms with Crippen LogP contribution in [0.3, 0.4) is 0 Å². The Kier molecular flexibility index (Phi) is 11.0. The summed E-state index contributed by atoms with van der Waals surface area (Å²) in [6.07, 6.45) is 3.13. The van der Waals surface area contributed by atoms with Crippen molar-refractivity contribution in [1.82, 2.24) is 15.4 Å². The van der Waals surface area contributed by atoms with Gasteiger partial charge in [-0.05, 0) is 43.9 Å². The van der Waals surface area contributed by atoms with Crippen LogP contribution in [-0.2, 0) is 14.8 Å². The van der Waals surface area contributed by atoms with Crippen LogP contribution in [0.5, 0.6) is 0 Å². The first kappa shape index (κ1) is 23.4. The Morgan fingerprint density at radius 1 is 1.07 bits per heavy atom. The zero-order valence-electron chi connectivity index (χ0n) is 17.0. The smallest absolute Gasteiger partial charge is 0.240 e. The maximum atomic E-state index is 12.4. The van der Waals surface area contributed by atoms with Crippen molar-refractivity contribution in [3.63, 3.8) is 0 Å². The largest absolute Gasteiger partial charge is 0.381 e. The van der Waals surface area contributed by atoms with Gasteiger partial charge in [0.1, 0.15) is 0 Å². The Hall–Kier alpha value is -1.64. The highest BCUT2D eigenvalue weighted by molar-refractivity contribution is 7.89. The molecule has 8 heteroatoms. The molecule has 0 aliphatic rings. The van der Waals surface area contributed by atoms with E-state index < -0.39 is 10.0 Å². The number of sulfonamides is 1. The second-order valence-corrected chi connectivity index (χ2v) is 8.15. The van der Waals surface area contributed by atoms with E-state index in [1.54, 1.807) is 20.0 Å². The minimum absolute atomic E-state index is 0.274. The molecule has 0 spiro atoms. The van der Waals surface area contributed by atoms with E-state index in [9.17, 15) is 8.42 Å². The van der Waals surface area contributed by atoms with Crippen molar-refractivity contribution in [2.24, 2.45) is 4.99 Å². The lowest BCUT2D eigenvalue weighted by atomic mass is 10.2. The van der Waals surface area contributed by atoms with Crippen LogP contribution in [-0.4, -0.2) is 54.3 Å². The van der Waals surface area contributed by atoms with Crippen LogP contribution >= 0.6 is 0 Å². The molecule has 0 saturated carbocycles. The molecule has 3 N–H and O–H groups in total. The fourth-order valence-electron chi connectivity index (χ4n) is 2.39. The van der Waals surface area contributed by atoms with Crippen molar-refractivity contribution >= 4 is 16.0 Å². The van der Waals surface area contributed by atoms with Gasteiger partial charge in [-0.25, -0.2) is 13.1 Å². The molecule has 0 fully saturated rings. The highest BCUT2D eigenvalue weighted by atomic mass is 32.2. The van der Waals surface area contributed by atoms with E-state index in [4.69, 9.17) is 4.74 Å². The Bertz CT molecular complexity index is 690. The van der Waals surface area contributed by atoms with Crippen LogP contribution in [0, 0.1) is 13.8 Å². The summed E-state index contributed by atoms with van der Waals surface area (Å²) in [5.74, 6) is 0.648. The van der Waals surface area contributed by atoms with Crippen molar-refractivity contribution < 1.29 is 13.2 Å². The molecule has 154 valence electrons. The number of hydrogen-bond acceptors (Lipinski definition) is 4. The van der Waals surface area contributed by atoms with E-state index in [0.29, 0.717) is 17.4 Å². The van der Waals surface area contributed by atoms with Gasteiger partial charge < -0.3 is 15.4 Å². The summed E-state index contributed by atoms with van der Waals surface area (Å²) in [4.78, 5) is 4.46. The first-order valence-electron chi connectivity index (χ1n) is 9.50. The van der Waals surface area contributed by atoms with Gasteiger partial charge in [-0.1, -0.05) is 25.5 Å².